The standard InChI is InChI=1S/C15H23NO/c1-2-15(10-16,11-17)9-12-6-7-13-4-3-5-14(13)8-12/h6-8,17H,2-5,9-11,16H2,1H3. The van der Waals surface area contributed by atoms with E-state index in [2.05, 4.69) is 25.1 Å². The zero-order valence-corrected chi connectivity index (χ0v) is 10.7. The second-order valence-corrected chi connectivity index (χ2v) is 5.35. The zero-order valence-electron chi connectivity index (χ0n) is 10.7. The first-order valence-electron chi connectivity index (χ1n) is 6.64. The summed E-state index contributed by atoms with van der Waals surface area (Å²) in [5.41, 5.74) is 10.0. The second kappa shape index (κ2) is 5.19. The molecule has 0 spiro atoms. The Balaban J connectivity index is 2.18. The van der Waals surface area contributed by atoms with Gasteiger partial charge in [-0.2, -0.15) is 0 Å². The van der Waals surface area contributed by atoms with Crippen molar-refractivity contribution in [1.29, 1.82) is 0 Å². The number of rotatable bonds is 5. The van der Waals surface area contributed by atoms with Gasteiger partial charge in [0.2, 0.25) is 0 Å². The van der Waals surface area contributed by atoms with Crippen LogP contribution in [-0.4, -0.2) is 18.3 Å². The summed E-state index contributed by atoms with van der Waals surface area (Å²) in [4.78, 5) is 0. The number of fused-ring (bicyclic) bond motifs is 1. The third kappa shape index (κ3) is 2.53. The lowest BCUT2D eigenvalue weighted by Gasteiger charge is -2.29. The lowest BCUT2D eigenvalue weighted by Crippen LogP contribution is -2.35. The van der Waals surface area contributed by atoms with E-state index in [9.17, 15) is 5.11 Å². The SMILES string of the molecule is CCC(CN)(CO)Cc1ccc2c(c1)CCC2. The van der Waals surface area contributed by atoms with Crippen LogP contribution in [-0.2, 0) is 19.3 Å². The van der Waals surface area contributed by atoms with Crippen molar-refractivity contribution < 1.29 is 5.11 Å². The highest BCUT2D eigenvalue weighted by Crippen LogP contribution is 2.29. The maximum absolute atomic E-state index is 9.55. The summed E-state index contributed by atoms with van der Waals surface area (Å²) in [6.07, 6.45) is 5.55. The maximum atomic E-state index is 9.55. The van der Waals surface area contributed by atoms with Crippen molar-refractivity contribution in [2.24, 2.45) is 11.1 Å². The van der Waals surface area contributed by atoms with Crippen LogP contribution in [0.3, 0.4) is 0 Å². The summed E-state index contributed by atoms with van der Waals surface area (Å²) in [6, 6.07) is 6.78. The van der Waals surface area contributed by atoms with Crippen molar-refractivity contribution >= 4 is 0 Å². The fraction of sp³-hybridized carbons (Fsp3) is 0.600. The summed E-state index contributed by atoms with van der Waals surface area (Å²) >= 11 is 0. The van der Waals surface area contributed by atoms with Crippen LogP contribution < -0.4 is 5.73 Å². The molecule has 0 saturated heterocycles. The Morgan fingerprint density at radius 2 is 2.06 bits per heavy atom. The van der Waals surface area contributed by atoms with E-state index in [-0.39, 0.29) is 12.0 Å². The van der Waals surface area contributed by atoms with Crippen molar-refractivity contribution in [3.05, 3.63) is 34.9 Å². The Labute approximate surface area is 104 Å². The summed E-state index contributed by atoms with van der Waals surface area (Å²) in [6.45, 7) is 2.84. The van der Waals surface area contributed by atoms with Crippen LogP contribution in [0.25, 0.3) is 0 Å². The van der Waals surface area contributed by atoms with Gasteiger partial charge in [-0.1, -0.05) is 25.1 Å². The molecule has 17 heavy (non-hydrogen) atoms. The van der Waals surface area contributed by atoms with Crippen LogP contribution in [0.2, 0.25) is 0 Å². The molecule has 1 aliphatic rings. The van der Waals surface area contributed by atoms with Gasteiger partial charge >= 0.3 is 0 Å². The van der Waals surface area contributed by atoms with E-state index in [1.807, 2.05) is 0 Å². The van der Waals surface area contributed by atoms with E-state index in [1.54, 1.807) is 0 Å². The van der Waals surface area contributed by atoms with Crippen LogP contribution in [0.1, 0.15) is 36.5 Å². The lowest BCUT2D eigenvalue weighted by atomic mass is 9.79. The molecule has 1 aromatic carbocycles. The molecule has 0 saturated carbocycles. The lowest BCUT2D eigenvalue weighted by molar-refractivity contribution is 0.127. The number of hydrogen-bond donors (Lipinski definition) is 2. The molecule has 1 aliphatic carbocycles. The van der Waals surface area contributed by atoms with E-state index in [1.165, 1.54) is 36.0 Å². The highest BCUT2D eigenvalue weighted by atomic mass is 16.3. The molecule has 0 aliphatic heterocycles. The number of aryl methyl sites for hydroxylation is 2. The molecule has 0 radical (unpaired) electrons. The molecule has 2 heteroatoms. The Morgan fingerprint density at radius 1 is 1.29 bits per heavy atom. The smallest absolute Gasteiger partial charge is 0.0502 e. The maximum Gasteiger partial charge on any atom is 0.0502 e. The van der Waals surface area contributed by atoms with Crippen LogP contribution in [0.15, 0.2) is 18.2 Å². The highest BCUT2D eigenvalue weighted by molar-refractivity contribution is 5.35. The summed E-state index contributed by atoms with van der Waals surface area (Å²) in [5, 5.41) is 9.55. The zero-order chi connectivity index (χ0) is 12.3. The fourth-order valence-corrected chi connectivity index (χ4v) is 2.74. The quantitative estimate of drug-likeness (QED) is 0.818. The Bertz CT molecular complexity index is 374. The van der Waals surface area contributed by atoms with Crippen LogP contribution >= 0.6 is 0 Å². The average Bonchev–Trinajstić information content (AvgIpc) is 2.83. The van der Waals surface area contributed by atoms with Crippen LogP contribution in [0, 0.1) is 5.41 Å². The van der Waals surface area contributed by atoms with Crippen LogP contribution in [0.5, 0.6) is 0 Å². The van der Waals surface area contributed by atoms with Gasteiger partial charge in [0, 0.05) is 12.0 Å². The van der Waals surface area contributed by atoms with Crippen molar-refractivity contribution in [3.63, 3.8) is 0 Å². The van der Waals surface area contributed by atoms with Crippen molar-refractivity contribution in [3.8, 4) is 0 Å². The topological polar surface area (TPSA) is 46.2 Å². The van der Waals surface area contributed by atoms with Gasteiger partial charge in [-0.25, -0.2) is 0 Å². The normalized spacial score (nSPS) is 17.8. The Morgan fingerprint density at radius 3 is 2.71 bits per heavy atom. The molecule has 2 nitrogen and oxygen atoms in total. The molecule has 0 aromatic heterocycles. The van der Waals surface area contributed by atoms with Gasteiger partial charge in [-0.15, -0.1) is 0 Å². The average molecular weight is 233 g/mol. The second-order valence-electron chi connectivity index (χ2n) is 5.35. The van der Waals surface area contributed by atoms with Crippen LogP contribution in [0.4, 0.5) is 0 Å². The molecular formula is C15H23NO. The van der Waals surface area contributed by atoms with Gasteiger partial charge in [-0.3, -0.25) is 0 Å². The van der Waals surface area contributed by atoms with E-state index in [0.29, 0.717) is 6.54 Å². The first-order valence-corrected chi connectivity index (χ1v) is 6.64. The molecule has 0 bridgehead atoms. The predicted octanol–water partition coefficient (Wildman–Crippen LogP) is 2.07. The number of aliphatic hydroxyl groups excluding tert-OH is 1. The van der Waals surface area contributed by atoms with Gasteiger partial charge in [0.1, 0.15) is 0 Å². The minimum atomic E-state index is -0.132. The predicted molar refractivity (Wildman–Crippen MR) is 71.0 cm³/mol. The van der Waals surface area contributed by atoms with E-state index >= 15 is 0 Å². The minimum absolute atomic E-state index is 0.132. The number of benzene rings is 1. The van der Waals surface area contributed by atoms with E-state index in [4.69, 9.17) is 5.73 Å². The first-order chi connectivity index (χ1) is 8.23. The van der Waals surface area contributed by atoms with Gasteiger partial charge in [-0.05, 0) is 48.8 Å². The summed E-state index contributed by atoms with van der Waals surface area (Å²) < 4.78 is 0. The monoisotopic (exact) mass is 233 g/mol. The Hall–Kier alpha value is -0.860. The molecule has 0 fully saturated rings. The van der Waals surface area contributed by atoms with E-state index < -0.39 is 0 Å². The molecule has 94 valence electrons. The summed E-state index contributed by atoms with van der Waals surface area (Å²) in [7, 11) is 0. The Kier molecular flexibility index (Phi) is 3.85. The van der Waals surface area contributed by atoms with Crippen molar-refractivity contribution in [2.45, 2.75) is 39.0 Å². The number of hydrogen-bond acceptors (Lipinski definition) is 2. The van der Waals surface area contributed by atoms with E-state index in [0.717, 1.165) is 12.8 Å². The summed E-state index contributed by atoms with van der Waals surface area (Å²) in [5.74, 6) is 0. The molecular weight excluding hydrogens is 210 g/mol. The molecule has 0 heterocycles. The largest absolute Gasteiger partial charge is 0.396 e. The molecule has 3 N–H and O–H groups in total. The molecule has 1 aromatic rings. The fourth-order valence-electron chi connectivity index (χ4n) is 2.74. The van der Waals surface area contributed by atoms with Gasteiger partial charge in [0.05, 0.1) is 6.61 Å². The third-order valence-corrected chi connectivity index (χ3v) is 4.26. The first kappa shape index (κ1) is 12.6. The molecule has 1 unspecified atom stereocenters. The number of aliphatic hydroxyl groups is 1. The van der Waals surface area contributed by atoms with Gasteiger partial charge in [0.15, 0.2) is 0 Å². The van der Waals surface area contributed by atoms with Crippen molar-refractivity contribution in [2.75, 3.05) is 13.2 Å². The van der Waals surface area contributed by atoms with Gasteiger partial charge < -0.3 is 10.8 Å². The molecule has 1 atom stereocenters. The number of nitrogens with two attached hydrogens (primary N) is 1. The molecule has 0 amide bonds. The molecule has 2 rings (SSSR count). The third-order valence-electron chi connectivity index (χ3n) is 4.26. The van der Waals surface area contributed by atoms with Gasteiger partial charge in [0.25, 0.3) is 0 Å². The minimum Gasteiger partial charge on any atom is -0.396 e. The van der Waals surface area contributed by atoms with Crippen molar-refractivity contribution in [1.82, 2.24) is 0 Å². The highest BCUT2D eigenvalue weighted by Gasteiger charge is 2.26.